The Labute approximate surface area is 102 Å². The topological polar surface area (TPSA) is 66.4 Å². The normalized spacial score (nSPS) is 11.7. The number of hydrogen-bond acceptors (Lipinski definition) is 2. The molecule has 0 heterocycles. The van der Waals surface area contributed by atoms with E-state index in [4.69, 9.17) is 5.11 Å². The maximum atomic E-state index is 13.3. The molecular weight excluding hydrogens is 244 g/mol. The number of rotatable bonds is 5. The molecule has 0 saturated heterocycles. The van der Waals surface area contributed by atoms with Gasteiger partial charge in [0.05, 0.1) is 5.56 Å². The number of carboxylic acids is 1. The van der Waals surface area contributed by atoms with Crippen LogP contribution in [0.5, 0.6) is 0 Å². The van der Waals surface area contributed by atoms with Crippen LogP contribution >= 0.6 is 0 Å². The summed E-state index contributed by atoms with van der Waals surface area (Å²) in [6, 6.07) is 1.15. The van der Waals surface area contributed by atoms with Crippen LogP contribution in [0.25, 0.3) is 0 Å². The summed E-state index contributed by atoms with van der Waals surface area (Å²) >= 11 is 0. The fourth-order valence-corrected chi connectivity index (χ4v) is 1.30. The van der Waals surface area contributed by atoms with E-state index in [0.29, 0.717) is 6.07 Å². The molecule has 1 atom stereocenters. The van der Waals surface area contributed by atoms with Gasteiger partial charge in [0.15, 0.2) is 0 Å². The van der Waals surface area contributed by atoms with Gasteiger partial charge in [0.2, 0.25) is 0 Å². The molecule has 2 N–H and O–H groups in total. The number of aliphatic carboxylic acids is 1. The van der Waals surface area contributed by atoms with Gasteiger partial charge in [0.1, 0.15) is 17.7 Å². The van der Waals surface area contributed by atoms with Crippen molar-refractivity contribution in [2.45, 2.75) is 12.5 Å². The second-order valence-electron chi connectivity index (χ2n) is 3.51. The van der Waals surface area contributed by atoms with Crippen LogP contribution in [0.2, 0.25) is 0 Å². The van der Waals surface area contributed by atoms with Crippen molar-refractivity contribution < 1.29 is 23.5 Å². The zero-order chi connectivity index (χ0) is 13.7. The predicted molar refractivity (Wildman–Crippen MR) is 60.1 cm³/mol. The van der Waals surface area contributed by atoms with Gasteiger partial charge in [0, 0.05) is 0 Å². The molecule has 0 radical (unpaired) electrons. The van der Waals surface area contributed by atoms with E-state index >= 15 is 0 Å². The highest BCUT2D eigenvalue weighted by Crippen LogP contribution is 2.10. The molecular formula is C12H11F2NO3. The molecule has 18 heavy (non-hydrogen) atoms. The molecule has 0 fully saturated rings. The molecule has 0 aliphatic carbocycles. The van der Waals surface area contributed by atoms with Gasteiger partial charge in [-0.2, -0.15) is 0 Å². The molecule has 6 heteroatoms. The summed E-state index contributed by atoms with van der Waals surface area (Å²) in [7, 11) is 0. The van der Waals surface area contributed by atoms with Crippen molar-refractivity contribution in [1.82, 2.24) is 5.32 Å². The van der Waals surface area contributed by atoms with Gasteiger partial charge in [-0.3, -0.25) is 4.79 Å². The van der Waals surface area contributed by atoms with Crippen LogP contribution in [0.4, 0.5) is 8.78 Å². The van der Waals surface area contributed by atoms with Crippen molar-refractivity contribution in [1.29, 1.82) is 0 Å². The van der Waals surface area contributed by atoms with Gasteiger partial charge in [-0.05, 0) is 24.6 Å². The Balaban J connectivity index is 2.89. The van der Waals surface area contributed by atoms with E-state index in [2.05, 4.69) is 11.9 Å². The van der Waals surface area contributed by atoms with Gasteiger partial charge >= 0.3 is 5.97 Å². The van der Waals surface area contributed by atoms with Crippen molar-refractivity contribution in [2.24, 2.45) is 0 Å². The zero-order valence-electron chi connectivity index (χ0n) is 9.32. The van der Waals surface area contributed by atoms with Crippen molar-refractivity contribution in [2.75, 3.05) is 0 Å². The first-order valence-corrected chi connectivity index (χ1v) is 5.05. The molecule has 1 aromatic carbocycles. The number of carbonyl (C=O) groups is 2. The SMILES string of the molecule is C=CCC(NC(=O)c1cc(F)ccc1F)C(=O)O. The molecule has 0 spiro atoms. The monoisotopic (exact) mass is 255 g/mol. The molecule has 96 valence electrons. The minimum atomic E-state index is -1.28. The van der Waals surface area contributed by atoms with Crippen molar-refractivity contribution in [3.8, 4) is 0 Å². The second kappa shape index (κ2) is 5.90. The van der Waals surface area contributed by atoms with Crippen LogP contribution in [0, 0.1) is 11.6 Å². The van der Waals surface area contributed by atoms with E-state index in [1.807, 2.05) is 0 Å². The number of amides is 1. The smallest absolute Gasteiger partial charge is 0.326 e. The van der Waals surface area contributed by atoms with Crippen molar-refractivity contribution in [3.63, 3.8) is 0 Å². The van der Waals surface area contributed by atoms with Crippen molar-refractivity contribution >= 4 is 11.9 Å². The highest BCUT2D eigenvalue weighted by atomic mass is 19.1. The predicted octanol–water partition coefficient (Wildman–Crippen LogP) is 1.72. The van der Waals surface area contributed by atoms with E-state index in [1.54, 1.807) is 0 Å². The minimum absolute atomic E-state index is 0.0159. The maximum Gasteiger partial charge on any atom is 0.326 e. The first-order valence-electron chi connectivity index (χ1n) is 5.05. The van der Waals surface area contributed by atoms with Gasteiger partial charge in [0.25, 0.3) is 5.91 Å². The summed E-state index contributed by atoms with van der Waals surface area (Å²) in [6.07, 6.45) is 1.29. The third-order valence-corrected chi connectivity index (χ3v) is 2.18. The first kappa shape index (κ1) is 13.8. The fourth-order valence-electron chi connectivity index (χ4n) is 1.30. The van der Waals surface area contributed by atoms with Crippen LogP contribution in [-0.2, 0) is 4.79 Å². The lowest BCUT2D eigenvalue weighted by atomic mass is 10.1. The third kappa shape index (κ3) is 3.38. The Bertz CT molecular complexity index is 488. The van der Waals surface area contributed by atoms with Crippen molar-refractivity contribution in [3.05, 3.63) is 48.1 Å². The van der Waals surface area contributed by atoms with Gasteiger partial charge in [-0.25, -0.2) is 13.6 Å². The lowest BCUT2D eigenvalue weighted by Gasteiger charge is -2.12. The molecule has 0 bridgehead atoms. The van der Waals surface area contributed by atoms with Crippen LogP contribution in [0.3, 0.4) is 0 Å². The molecule has 0 aliphatic rings. The molecule has 4 nitrogen and oxygen atoms in total. The standard InChI is InChI=1S/C12H11F2NO3/c1-2-3-10(12(17)18)15-11(16)8-6-7(13)4-5-9(8)14/h2,4-6,10H,1,3H2,(H,15,16)(H,17,18). The van der Waals surface area contributed by atoms with E-state index in [0.717, 1.165) is 12.1 Å². The molecule has 1 amide bonds. The van der Waals surface area contributed by atoms with Gasteiger partial charge in [-0.15, -0.1) is 6.58 Å². The number of carbonyl (C=O) groups excluding carboxylic acids is 1. The number of nitrogens with one attached hydrogen (secondary N) is 1. The quantitative estimate of drug-likeness (QED) is 0.787. The molecule has 0 aliphatic heterocycles. The summed E-state index contributed by atoms with van der Waals surface area (Å²) in [4.78, 5) is 22.4. The number of halogens is 2. The summed E-state index contributed by atoms with van der Waals surface area (Å²) in [5.41, 5.74) is -0.537. The summed E-state index contributed by atoms with van der Waals surface area (Å²) in [6.45, 7) is 3.35. The minimum Gasteiger partial charge on any atom is -0.480 e. The Kier molecular flexibility index (Phi) is 4.53. The molecule has 1 aromatic rings. The van der Waals surface area contributed by atoms with Crippen LogP contribution in [0.1, 0.15) is 16.8 Å². The highest BCUT2D eigenvalue weighted by Gasteiger charge is 2.21. The summed E-state index contributed by atoms with van der Waals surface area (Å²) in [5, 5.41) is 10.9. The third-order valence-electron chi connectivity index (χ3n) is 2.18. The lowest BCUT2D eigenvalue weighted by molar-refractivity contribution is -0.139. The van der Waals surface area contributed by atoms with Gasteiger partial charge < -0.3 is 10.4 Å². The maximum absolute atomic E-state index is 13.3. The fraction of sp³-hybridized carbons (Fsp3) is 0.167. The van der Waals surface area contributed by atoms with E-state index < -0.39 is 35.1 Å². The highest BCUT2D eigenvalue weighted by molar-refractivity contribution is 5.96. The molecule has 0 saturated carbocycles. The summed E-state index contributed by atoms with van der Waals surface area (Å²) < 4.78 is 26.1. The Morgan fingerprint density at radius 1 is 1.44 bits per heavy atom. The first-order chi connectivity index (χ1) is 8.45. The lowest BCUT2D eigenvalue weighted by Crippen LogP contribution is -2.40. The molecule has 1 unspecified atom stereocenters. The van der Waals surface area contributed by atoms with E-state index in [-0.39, 0.29) is 6.42 Å². The number of hydrogen-bond donors (Lipinski definition) is 2. The second-order valence-corrected chi connectivity index (χ2v) is 3.51. The average molecular weight is 255 g/mol. The Hall–Kier alpha value is -2.24. The Morgan fingerprint density at radius 3 is 2.67 bits per heavy atom. The van der Waals surface area contributed by atoms with Crippen LogP contribution in [-0.4, -0.2) is 23.0 Å². The Morgan fingerprint density at radius 2 is 2.11 bits per heavy atom. The zero-order valence-corrected chi connectivity index (χ0v) is 9.32. The van der Waals surface area contributed by atoms with Crippen LogP contribution in [0.15, 0.2) is 30.9 Å². The van der Waals surface area contributed by atoms with E-state index in [1.165, 1.54) is 6.08 Å². The van der Waals surface area contributed by atoms with Crippen LogP contribution < -0.4 is 5.32 Å². The molecule has 0 aromatic heterocycles. The number of carboxylic acid groups (broad SMARTS) is 1. The van der Waals surface area contributed by atoms with Gasteiger partial charge in [-0.1, -0.05) is 6.08 Å². The average Bonchev–Trinajstić information content (AvgIpc) is 2.31. The largest absolute Gasteiger partial charge is 0.480 e. The number of benzene rings is 1. The van der Waals surface area contributed by atoms with E-state index in [9.17, 15) is 18.4 Å². The molecule has 1 rings (SSSR count). The summed E-state index contributed by atoms with van der Waals surface area (Å²) in [5.74, 6) is -3.96.